The minimum absolute atomic E-state index is 0.104. The van der Waals surface area contributed by atoms with E-state index in [0.29, 0.717) is 6.42 Å². The molecule has 32 heavy (non-hydrogen) atoms. The van der Waals surface area contributed by atoms with Crippen LogP contribution in [-0.4, -0.2) is 110 Å². The molecule has 1 aromatic carbocycles. The third-order valence-electron chi connectivity index (χ3n) is 5.85. The SMILES string of the molecule is Cc1ccc(CCO[C@@H]2O[C@H](CO[C@@H]3O[C@@H](C)[C@H](O)[C@@H](O)[C@H]3O)[C@@H](O)[C@H](O)[C@H]2O)cc1O. The number of hydrogen-bond acceptors (Lipinski definition) is 11. The number of rotatable bonds is 7. The maximum absolute atomic E-state index is 10.2. The van der Waals surface area contributed by atoms with Crippen LogP contribution in [0.1, 0.15) is 18.1 Å². The molecular formula is C21H32O11. The molecule has 0 radical (unpaired) electrons. The van der Waals surface area contributed by atoms with Crippen LogP contribution in [0, 0.1) is 6.92 Å². The van der Waals surface area contributed by atoms with E-state index in [-0.39, 0.29) is 19.0 Å². The summed E-state index contributed by atoms with van der Waals surface area (Å²) in [6.07, 6.45) is -13.0. The van der Waals surface area contributed by atoms with Gasteiger partial charge in [0.1, 0.15) is 48.5 Å². The molecule has 2 fully saturated rings. The standard InChI is InChI=1S/C21H32O11/c1-9-3-4-11(7-12(9)22)5-6-29-20-19(28)17(26)15(24)13(32-20)8-30-21-18(27)16(25)14(23)10(2)31-21/h3-4,7,10,13-28H,5-6,8H2,1-2H3/t10-,13+,14-,15+,16+,17-,18+,19+,20+,21+/m0/s1. The molecule has 0 aromatic heterocycles. The van der Waals surface area contributed by atoms with Gasteiger partial charge in [0.05, 0.1) is 19.3 Å². The maximum atomic E-state index is 10.2. The Hall–Kier alpha value is -1.38. The van der Waals surface area contributed by atoms with E-state index in [1.165, 1.54) is 6.92 Å². The van der Waals surface area contributed by atoms with E-state index in [4.69, 9.17) is 18.9 Å². The van der Waals surface area contributed by atoms with Gasteiger partial charge in [-0.25, -0.2) is 0 Å². The second-order valence-corrected chi connectivity index (χ2v) is 8.27. The molecule has 2 saturated heterocycles. The van der Waals surface area contributed by atoms with E-state index in [0.717, 1.165) is 11.1 Å². The van der Waals surface area contributed by atoms with E-state index in [2.05, 4.69) is 0 Å². The number of phenolic OH excluding ortho intramolecular Hbond substituents is 1. The predicted octanol–water partition coefficient (Wildman–Crippen LogP) is -2.09. The van der Waals surface area contributed by atoms with Crippen LogP contribution in [0.15, 0.2) is 18.2 Å². The van der Waals surface area contributed by atoms with E-state index in [1.54, 1.807) is 19.1 Å². The van der Waals surface area contributed by atoms with Gasteiger partial charge in [-0.15, -0.1) is 0 Å². The van der Waals surface area contributed by atoms with E-state index in [9.17, 15) is 35.7 Å². The highest BCUT2D eigenvalue weighted by molar-refractivity contribution is 5.35. The van der Waals surface area contributed by atoms with Gasteiger partial charge >= 0.3 is 0 Å². The van der Waals surface area contributed by atoms with Gasteiger partial charge in [-0.3, -0.25) is 0 Å². The number of aliphatic hydroxyl groups excluding tert-OH is 6. The number of ether oxygens (including phenoxy) is 4. The summed E-state index contributed by atoms with van der Waals surface area (Å²) >= 11 is 0. The summed E-state index contributed by atoms with van der Waals surface area (Å²) in [5, 5.41) is 70.0. The van der Waals surface area contributed by atoms with Crippen molar-refractivity contribution in [2.24, 2.45) is 0 Å². The summed E-state index contributed by atoms with van der Waals surface area (Å²) in [5.74, 6) is 0.159. The van der Waals surface area contributed by atoms with Crippen molar-refractivity contribution in [1.82, 2.24) is 0 Å². The van der Waals surface area contributed by atoms with Gasteiger partial charge in [-0.1, -0.05) is 12.1 Å². The van der Waals surface area contributed by atoms with E-state index >= 15 is 0 Å². The highest BCUT2D eigenvalue weighted by Crippen LogP contribution is 2.26. The average molecular weight is 460 g/mol. The zero-order valence-corrected chi connectivity index (χ0v) is 17.9. The fourth-order valence-corrected chi connectivity index (χ4v) is 3.64. The number of benzene rings is 1. The van der Waals surface area contributed by atoms with Crippen molar-refractivity contribution in [3.05, 3.63) is 29.3 Å². The molecule has 3 rings (SSSR count). The van der Waals surface area contributed by atoms with Crippen LogP contribution >= 0.6 is 0 Å². The molecule has 0 amide bonds. The molecule has 11 nitrogen and oxygen atoms in total. The van der Waals surface area contributed by atoms with Crippen LogP contribution in [-0.2, 0) is 25.4 Å². The molecule has 0 bridgehead atoms. The highest BCUT2D eigenvalue weighted by Gasteiger charge is 2.46. The van der Waals surface area contributed by atoms with Crippen LogP contribution < -0.4 is 0 Å². The molecule has 2 aliphatic heterocycles. The van der Waals surface area contributed by atoms with Crippen molar-refractivity contribution in [2.75, 3.05) is 13.2 Å². The van der Waals surface area contributed by atoms with Crippen molar-refractivity contribution in [3.8, 4) is 5.75 Å². The van der Waals surface area contributed by atoms with Gasteiger partial charge in [0.15, 0.2) is 12.6 Å². The van der Waals surface area contributed by atoms with Crippen LogP contribution in [0.25, 0.3) is 0 Å². The first kappa shape index (κ1) is 25.2. The van der Waals surface area contributed by atoms with E-state index in [1.807, 2.05) is 6.07 Å². The second-order valence-electron chi connectivity index (χ2n) is 8.27. The summed E-state index contributed by atoms with van der Waals surface area (Å²) in [5.41, 5.74) is 1.54. The lowest BCUT2D eigenvalue weighted by molar-refractivity contribution is -0.327. The molecule has 0 spiro atoms. The topological polar surface area (TPSA) is 179 Å². The van der Waals surface area contributed by atoms with E-state index < -0.39 is 61.4 Å². The number of aryl methyl sites for hydroxylation is 1. The van der Waals surface area contributed by atoms with Crippen LogP contribution in [0.5, 0.6) is 5.75 Å². The van der Waals surface area contributed by atoms with Crippen LogP contribution in [0.2, 0.25) is 0 Å². The maximum Gasteiger partial charge on any atom is 0.186 e. The molecule has 0 aliphatic carbocycles. The Labute approximate surface area is 185 Å². The molecule has 1 aromatic rings. The first-order valence-corrected chi connectivity index (χ1v) is 10.5. The Kier molecular flexibility index (Phi) is 8.44. The molecule has 2 heterocycles. The van der Waals surface area contributed by atoms with Gasteiger partial charge < -0.3 is 54.7 Å². The lowest BCUT2D eigenvalue weighted by atomic mass is 9.98. The molecule has 182 valence electrons. The number of phenols is 1. The number of aromatic hydroxyl groups is 1. The predicted molar refractivity (Wildman–Crippen MR) is 107 cm³/mol. The molecule has 7 N–H and O–H groups in total. The van der Waals surface area contributed by atoms with Gasteiger partial charge in [0.25, 0.3) is 0 Å². The van der Waals surface area contributed by atoms with Gasteiger partial charge in [-0.2, -0.15) is 0 Å². The van der Waals surface area contributed by atoms with Crippen molar-refractivity contribution in [2.45, 2.75) is 81.7 Å². The van der Waals surface area contributed by atoms with Crippen LogP contribution in [0.3, 0.4) is 0 Å². The van der Waals surface area contributed by atoms with Crippen LogP contribution in [0.4, 0.5) is 0 Å². The van der Waals surface area contributed by atoms with Gasteiger partial charge in [0.2, 0.25) is 0 Å². The van der Waals surface area contributed by atoms with Gasteiger partial charge in [0, 0.05) is 0 Å². The summed E-state index contributed by atoms with van der Waals surface area (Å²) < 4.78 is 21.9. The third kappa shape index (κ3) is 5.57. The lowest BCUT2D eigenvalue weighted by Gasteiger charge is -2.42. The largest absolute Gasteiger partial charge is 0.508 e. The Balaban J connectivity index is 1.54. The minimum atomic E-state index is -1.57. The molecule has 10 atom stereocenters. The third-order valence-corrected chi connectivity index (χ3v) is 5.85. The fraction of sp³-hybridized carbons (Fsp3) is 0.714. The fourth-order valence-electron chi connectivity index (χ4n) is 3.64. The summed E-state index contributed by atoms with van der Waals surface area (Å²) in [6.45, 7) is 3.03. The zero-order valence-electron chi connectivity index (χ0n) is 17.9. The van der Waals surface area contributed by atoms with Crippen molar-refractivity contribution in [1.29, 1.82) is 0 Å². The summed E-state index contributed by atoms with van der Waals surface area (Å²) in [6, 6.07) is 5.20. The average Bonchev–Trinajstić information content (AvgIpc) is 2.77. The van der Waals surface area contributed by atoms with Crippen molar-refractivity contribution >= 4 is 0 Å². The minimum Gasteiger partial charge on any atom is -0.508 e. The Bertz CT molecular complexity index is 746. The Morgan fingerprint density at radius 3 is 2.09 bits per heavy atom. The zero-order chi connectivity index (χ0) is 23.6. The molecule has 2 aliphatic rings. The highest BCUT2D eigenvalue weighted by atomic mass is 16.7. The quantitative estimate of drug-likeness (QED) is 0.237. The molecule has 11 heteroatoms. The molecular weight excluding hydrogens is 428 g/mol. The first-order valence-electron chi connectivity index (χ1n) is 10.5. The second kappa shape index (κ2) is 10.7. The Morgan fingerprint density at radius 2 is 1.44 bits per heavy atom. The van der Waals surface area contributed by atoms with Crippen molar-refractivity contribution in [3.63, 3.8) is 0 Å². The van der Waals surface area contributed by atoms with Gasteiger partial charge in [-0.05, 0) is 37.5 Å². The monoisotopic (exact) mass is 460 g/mol. The normalized spacial score (nSPS) is 40.4. The lowest BCUT2D eigenvalue weighted by Crippen LogP contribution is -2.61. The smallest absolute Gasteiger partial charge is 0.186 e. The Morgan fingerprint density at radius 1 is 0.812 bits per heavy atom. The number of aliphatic hydroxyl groups is 6. The summed E-state index contributed by atoms with van der Waals surface area (Å²) in [7, 11) is 0. The number of hydrogen-bond donors (Lipinski definition) is 7. The molecule has 0 unspecified atom stereocenters. The molecule has 0 saturated carbocycles. The summed E-state index contributed by atoms with van der Waals surface area (Å²) in [4.78, 5) is 0. The first-order chi connectivity index (χ1) is 15.1. The van der Waals surface area contributed by atoms with Crippen molar-refractivity contribution < 1.29 is 54.7 Å².